The number of hydrogen-bond acceptors (Lipinski definition) is 4. The van der Waals surface area contributed by atoms with E-state index in [4.69, 9.17) is 23.2 Å². The highest BCUT2D eigenvalue weighted by atomic mass is 35.5. The molecule has 0 heterocycles. The van der Waals surface area contributed by atoms with Gasteiger partial charge in [0.1, 0.15) is 12.6 Å². The molecule has 2 amide bonds. The Labute approximate surface area is 232 Å². The summed E-state index contributed by atoms with van der Waals surface area (Å²) in [4.78, 5) is 28.4. The van der Waals surface area contributed by atoms with Crippen LogP contribution in [0.3, 0.4) is 0 Å². The number of rotatable bonds is 10. The van der Waals surface area contributed by atoms with Gasteiger partial charge in [-0.15, -0.1) is 0 Å². The zero-order chi connectivity index (χ0) is 28.0. The first kappa shape index (κ1) is 30.1. The van der Waals surface area contributed by atoms with Crippen molar-refractivity contribution in [2.24, 2.45) is 0 Å². The molecule has 208 valence electrons. The molecule has 0 spiro atoms. The largest absolute Gasteiger partial charge is 0.352 e. The molecule has 3 rings (SSSR count). The monoisotopic (exact) mass is 589 g/mol. The third kappa shape index (κ3) is 7.57. The summed E-state index contributed by atoms with van der Waals surface area (Å²) in [5, 5.41) is 3.58. The van der Waals surface area contributed by atoms with Gasteiger partial charge in [-0.25, -0.2) is 17.2 Å². The Morgan fingerprint density at radius 1 is 1.05 bits per heavy atom. The van der Waals surface area contributed by atoms with Gasteiger partial charge in [-0.05, 0) is 43.5 Å². The van der Waals surface area contributed by atoms with Gasteiger partial charge in [0.05, 0.1) is 11.9 Å². The molecule has 12 heteroatoms. The van der Waals surface area contributed by atoms with E-state index < -0.39 is 40.2 Å². The summed E-state index contributed by atoms with van der Waals surface area (Å²) < 4.78 is 53.3. The van der Waals surface area contributed by atoms with E-state index >= 15 is 0 Å². The molecule has 2 aromatic carbocycles. The smallest absolute Gasteiger partial charge is 0.244 e. The number of benzene rings is 2. The highest BCUT2D eigenvalue weighted by Crippen LogP contribution is 2.28. The minimum atomic E-state index is -4.10. The first-order valence-corrected chi connectivity index (χ1v) is 15.0. The Hall–Kier alpha value is -2.43. The standard InChI is InChI=1S/C26H31Cl2F2N3O4S/c1-3-24(26(35)31-17-8-5-4-6-9-17)32(15-19-20(27)10-7-11-21(19)28)25(34)16-33(38(2,36)37)18-12-13-22(29)23(30)14-18/h7,10-14,17,24H,3-6,8-9,15-16H2,1-2H3,(H,31,35)/t24-/m1/s1. The second-order valence-electron chi connectivity index (χ2n) is 9.36. The lowest BCUT2D eigenvalue weighted by atomic mass is 9.95. The van der Waals surface area contributed by atoms with Crippen LogP contribution in [0.4, 0.5) is 14.5 Å². The Kier molecular flexibility index (Phi) is 10.4. The fraction of sp³-hybridized carbons (Fsp3) is 0.462. The van der Waals surface area contributed by atoms with Crippen LogP contribution in [0.2, 0.25) is 10.0 Å². The Bertz CT molecular complexity index is 1250. The van der Waals surface area contributed by atoms with Crippen molar-refractivity contribution in [3.05, 3.63) is 63.6 Å². The van der Waals surface area contributed by atoms with Crippen molar-refractivity contribution >= 4 is 50.7 Å². The molecule has 0 bridgehead atoms. The molecule has 7 nitrogen and oxygen atoms in total. The molecule has 1 aliphatic rings. The number of carbonyl (C=O) groups excluding carboxylic acids is 2. The Balaban J connectivity index is 1.97. The molecular weight excluding hydrogens is 559 g/mol. The number of amides is 2. The molecule has 1 saturated carbocycles. The van der Waals surface area contributed by atoms with Gasteiger partial charge in [0.25, 0.3) is 0 Å². The van der Waals surface area contributed by atoms with Crippen molar-refractivity contribution in [3.8, 4) is 0 Å². The summed E-state index contributed by atoms with van der Waals surface area (Å²) in [6, 6.07) is 6.41. The first-order valence-electron chi connectivity index (χ1n) is 12.4. The van der Waals surface area contributed by atoms with Crippen LogP contribution in [-0.4, -0.2) is 50.0 Å². The minimum absolute atomic E-state index is 0.0131. The SMILES string of the molecule is CC[C@H](C(=O)NC1CCCCC1)N(Cc1c(Cl)cccc1Cl)C(=O)CN(c1ccc(F)c(F)c1)S(C)(=O)=O. The zero-order valence-electron chi connectivity index (χ0n) is 21.2. The van der Waals surface area contributed by atoms with Crippen molar-refractivity contribution in [1.29, 1.82) is 0 Å². The van der Waals surface area contributed by atoms with Crippen molar-refractivity contribution in [2.45, 2.75) is 64.1 Å². The molecule has 0 aromatic heterocycles. The summed E-state index contributed by atoms with van der Waals surface area (Å²) >= 11 is 12.7. The molecule has 38 heavy (non-hydrogen) atoms. The van der Waals surface area contributed by atoms with Crippen molar-refractivity contribution in [1.82, 2.24) is 10.2 Å². The van der Waals surface area contributed by atoms with Crippen LogP contribution in [0.15, 0.2) is 36.4 Å². The predicted octanol–water partition coefficient (Wildman–Crippen LogP) is 5.29. The van der Waals surface area contributed by atoms with Crippen molar-refractivity contribution in [3.63, 3.8) is 0 Å². The summed E-state index contributed by atoms with van der Waals surface area (Å²) in [6.45, 7) is 0.825. The lowest BCUT2D eigenvalue weighted by Gasteiger charge is -2.34. The van der Waals surface area contributed by atoms with Gasteiger partial charge in [-0.1, -0.05) is 55.5 Å². The quantitative estimate of drug-likeness (QED) is 0.408. The molecular formula is C26H31Cl2F2N3O4S. The van der Waals surface area contributed by atoms with Crippen molar-refractivity contribution in [2.75, 3.05) is 17.1 Å². The van der Waals surface area contributed by atoms with Crippen LogP contribution in [0.25, 0.3) is 0 Å². The highest BCUT2D eigenvalue weighted by Gasteiger charge is 2.33. The lowest BCUT2D eigenvalue weighted by molar-refractivity contribution is -0.140. The van der Waals surface area contributed by atoms with Crippen LogP contribution in [0, 0.1) is 11.6 Å². The Morgan fingerprint density at radius 2 is 1.68 bits per heavy atom. The molecule has 1 fully saturated rings. The number of halogens is 4. The summed E-state index contributed by atoms with van der Waals surface area (Å²) in [5.74, 6) is -3.52. The molecule has 0 unspecified atom stereocenters. The molecule has 0 saturated heterocycles. The summed E-state index contributed by atoms with van der Waals surface area (Å²) in [7, 11) is -4.10. The van der Waals surface area contributed by atoms with Crippen LogP contribution >= 0.6 is 23.2 Å². The van der Waals surface area contributed by atoms with Crippen LogP contribution in [0.1, 0.15) is 51.0 Å². The van der Waals surface area contributed by atoms with Gasteiger partial charge in [0, 0.05) is 34.3 Å². The van der Waals surface area contributed by atoms with E-state index in [-0.39, 0.29) is 40.6 Å². The predicted molar refractivity (Wildman–Crippen MR) is 145 cm³/mol. The fourth-order valence-electron chi connectivity index (χ4n) is 4.57. The lowest BCUT2D eigenvalue weighted by Crippen LogP contribution is -2.54. The molecule has 2 aromatic rings. The average Bonchev–Trinajstić information content (AvgIpc) is 2.85. The van der Waals surface area contributed by atoms with E-state index in [1.54, 1.807) is 25.1 Å². The third-order valence-corrected chi connectivity index (χ3v) is 8.45. The number of anilines is 1. The maximum atomic E-state index is 13.9. The third-order valence-electron chi connectivity index (χ3n) is 6.60. The zero-order valence-corrected chi connectivity index (χ0v) is 23.6. The molecule has 1 N–H and O–H groups in total. The van der Waals surface area contributed by atoms with E-state index in [0.717, 1.165) is 50.5 Å². The van der Waals surface area contributed by atoms with Gasteiger partial charge < -0.3 is 10.2 Å². The van der Waals surface area contributed by atoms with Gasteiger partial charge in [-0.3, -0.25) is 13.9 Å². The van der Waals surface area contributed by atoms with Crippen LogP contribution in [-0.2, 0) is 26.2 Å². The van der Waals surface area contributed by atoms with E-state index in [9.17, 15) is 26.8 Å². The van der Waals surface area contributed by atoms with Crippen molar-refractivity contribution < 1.29 is 26.8 Å². The number of nitrogens with one attached hydrogen (secondary N) is 1. The second kappa shape index (κ2) is 13.1. The van der Waals surface area contributed by atoms with Gasteiger partial charge in [0.15, 0.2) is 11.6 Å². The van der Waals surface area contributed by atoms with Crippen LogP contribution in [0.5, 0.6) is 0 Å². The maximum Gasteiger partial charge on any atom is 0.244 e. The van der Waals surface area contributed by atoms with E-state index in [1.165, 1.54) is 4.90 Å². The second-order valence-corrected chi connectivity index (χ2v) is 12.1. The fourth-order valence-corrected chi connectivity index (χ4v) is 5.93. The Morgan fingerprint density at radius 3 is 2.24 bits per heavy atom. The van der Waals surface area contributed by atoms with Gasteiger partial charge in [-0.2, -0.15) is 0 Å². The summed E-state index contributed by atoms with van der Waals surface area (Å²) in [6.07, 6.45) is 5.86. The number of hydrogen-bond donors (Lipinski definition) is 1. The first-order chi connectivity index (χ1) is 17.9. The van der Waals surface area contributed by atoms with E-state index in [2.05, 4.69) is 5.32 Å². The average molecular weight is 591 g/mol. The van der Waals surface area contributed by atoms with Gasteiger partial charge >= 0.3 is 0 Å². The normalized spacial score (nSPS) is 15.1. The number of carbonyl (C=O) groups is 2. The summed E-state index contributed by atoms with van der Waals surface area (Å²) in [5.41, 5.74) is 0.169. The molecule has 1 atom stereocenters. The van der Waals surface area contributed by atoms with Crippen LogP contribution < -0.4 is 9.62 Å². The minimum Gasteiger partial charge on any atom is -0.352 e. The molecule has 0 aliphatic heterocycles. The van der Waals surface area contributed by atoms with Gasteiger partial charge in [0.2, 0.25) is 21.8 Å². The molecule has 0 radical (unpaired) electrons. The number of nitrogens with zero attached hydrogens (tertiary/aromatic N) is 2. The maximum absolute atomic E-state index is 13.9. The van der Waals surface area contributed by atoms with E-state index in [1.807, 2.05) is 0 Å². The topological polar surface area (TPSA) is 86.8 Å². The highest BCUT2D eigenvalue weighted by molar-refractivity contribution is 7.92. The number of sulfonamides is 1. The molecule has 1 aliphatic carbocycles. The van der Waals surface area contributed by atoms with E-state index in [0.29, 0.717) is 15.9 Å².